The van der Waals surface area contributed by atoms with Crippen LogP contribution in [0.2, 0.25) is 0 Å². The molecule has 1 aromatic rings. The highest BCUT2D eigenvalue weighted by Gasteiger charge is 2.54. The highest BCUT2D eigenvalue weighted by molar-refractivity contribution is 5.95. The van der Waals surface area contributed by atoms with Gasteiger partial charge in [0.2, 0.25) is 11.5 Å². The van der Waals surface area contributed by atoms with Gasteiger partial charge in [0.25, 0.3) is 5.91 Å². The summed E-state index contributed by atoms with van der Waals surface area (Å²) in [6, 6.07) is 2.97. The molecule has 7 heteroatoms. The van der Waals surface area contributed by atoms with Gasteiger partial charge in [0, 0.05) is 43.5 Å². The zero-order chi connectivity index (χ0) is 19.9. The summed E-state index contributed by atoms with van der Waals surface area (Å²) in [4.78, 5) is 47.7. The van der Waals surface area contributed by atoms with Crippen LogP contribution in [0, 0.1) is 12.3 Å². The highest BCUT2D eigenvalue weighted by Crippen LogP contribution is 2.44. The number of aromatic nitrogens is 1. The summed E-state index contributed by atoms with van der Waals surface area (Å²) < 4.78 is 0. The Kier molecular flexibility index (Phi) is 5.04. The number of hydrogen-bond donors (Lipinski definition) is 1. The SMILES string of the molecule is Cc1cc(C(=O)N2CCC[C@@]3(C(=O)N4CCCC4)CCN(C)C[C@H]23)cc(=O)[nH]1. The number of H-pyrrole nitrogens is 1. The van der Waals surface area contributed by atoms with Crippen molar-refractivity contribution in [3.63, 3.8) is 0 Å². The first kappa shape index (κ1) is 19.2. The van der Waals surface area contributed by atoms with Crippen molar-refractivity contribution < 1.29 is 9.59 Å². The molecule has 4 heterocycles. The molecule has 0 unspecified atom stereocenters. The van der Waals surface area contributed by atoms with Crippen LogP contribution in [-0.2, 0) is 4.79 Å². The maximum absolute atomic E-state index is 13.6. The van der Waals surface area contributed by atoms with Gasteiger partial charge in [-0.2, -0.15) is 0 Å². The van der Waals surface area contributed by atoms with E-state index in [9.17, 15) is 14.4 Å². The third kappa shape index (κ3) is 3.26. The molecule has 2 amide bonds. The maximum Gasteiger partial charge on any atom is 0.254 e. The zero-order valence-electron chi connectivity index (χ0n) is 16.9. The molecular weight excluding hydrogens is 356 g/mol. The molecule has 3 saturated heterocycles. The Morgan fingerprint density at radius 3 is 2.54 bits per heavy atom. The molecule has 2 atom stereocenters. The minimum Gasteiger partial charge on any atom is -0.342 e. The molecule has 28 heavy (non-hydrogen) atoms. The van der Waals surface area contributed by atoms with Gasteiger partial charge in [-0.15, -0.1) is 0 Å². The number of fused-ring (bicyclic) bond motifs is 1. The molecule has 0 aromatic carbocycles. The molecule has 1 N–H and O–H groups in total. The van der Waals surface area contributed by atoms with E-state index in [2.05, 4.69) is 16.9 Å². The zero-order valence-corrected chi connectivity index (χ0v) is 16.9. The van der Waals surface area contributed by atoms with Gasteiger partial charge in [-0.25, -0.2) is 0 Å². The fourth-order valence-electron chi connectivity index (χ4n) is 5.33. The molecule has 0 aliphatic carbocycles. The van der Waals surface area contributed by atoms with Gasteiger partial charge in [0.15, 0.2) is 0 Å². The van der Waals surface area contributed by atoms with E-state index in [4.69, 9.17) is 0 Å². The lowest BCUT2D eigenvalue weighted by atomic mass is 9.67. The van der Waals surface area contributed by atoms with E-state index in [0.29, 0.717) is 24.3 Å². The molecule has 3 fully saturated rings. The quantitative estimate of drug-likeness (QED) is 0.830. The average molecular weight is 386 g/mol. The standard InChI is InChI=1S/C21H30N4O3/c1-15-12-16(13-18(26)22-15)19(27)25-10-5-6-21(7-11-23(2)14-17(21)25)20(28)24-8-3-4-9-24/h12-13,17H,3-11,14H2,1-2H3,(H,22,26)/t17-,21+/m0/s1. The van der Waals surface area contributed by atoms with Crippen molar-refractivity contribution >= 4 is 11.8 Å². The summed E-state index contributed by atoms with van der Waals surface area (Å²) in [6.45, 7) is 5.67. The fourth-order valence-corrected chi connectivity index (χ4v) is 5.33. The Hall–Kier alpha value is -2.15. The van der Waals surface area contributed by atoms with Gasteiger partial charge in [0.05, 0.1) is 11.5 Å². The Labute approximate surface area is 165 Å². The van der Waals surface area contributed by atoms with Gasteiger partial charge in [-0.3, -0.25) is 14.4 Å². The predicted molar refractivity (Wildman–Crippen MR) is 106 cm³/mol. The molecule has 0 bridgehead atoms. The van der Waals surface area contributed by atoms with Crippen molar-refractivity contribution in [1.82, 2.24) is 19.7 Å². The van der Waals surface area contributed by atoms with Crippen LogP contribution in [0.1, 0.15) is 48.2 Å². The summed E-state index contributed by atoms with van der Waals surface area (Å²) in [7, 11) is 2.05. The summed E-state index contributed by atoms with van der Waals surface area (Å²) in [5.41, 5.74) is 0.341. The molecule has 0 saturated carbocycles. The van der Waals surface area contributed by atoms with Crippen LogP contribution in [-0.4, -0.2) is 77.3 Å². The summed E-state index contributed by atoms with van der Waals surface area (Å²) in [5.74, 6) is 0.107. The number of amides is 2. The van der Waals surface area contributed by atoms with E-state index < -0.39 is 5.41 Å². The van der Waals surface area contributed by atoms with E-state index in [1.165, 1.54) is 6.07 Å². The van der Waals surface area contributed by atoms with Crippen molar-refractivity contribution in [1.29, 1.82) is 0 Å². The molecule has 152 valence electrons. The van der Waals surface area contributed by atoms with Gasteiger partial charge in [-0.1, -0.05) is 0 Å². The number of nitrogens with zero attached hydrogens (tertiary/aromatic N) is 3. The largest absolute Gasteiger partial charge is 0.342 e. The van der Waals surface area contributed by atoms with Crippen molar-refractivity contribution in [2.75, 3.05) is 39.8 Å². The first-order valence-corrected chi connectivity index (χ1v) is 10.4. The van der Waals surface area contributed by atoms with E-state index in [1.54, 1.807) is 13.0 Å². The van der Waals surface area contributed by atoms with Crippen LogP contribution < -0.4 is 5.56 Å². The Morgan fingerprint density at radius 2 is 1.82 bits per heavy atom. The molecule has 4 rings (SSSR count). The number of carbonyl (C=O) groups is 2. The van der Waals surface area contributed by atoms with Crippen LogP contribution in [0.4, 0.5) is 0 Å². The number of hydrogen-bond acceptors (Lipinski definition) is 4. The van der Waals surface area contributed by atoms with Crippen LogP contribution in [0.15, 0.2) is 16.9 Å². The summed E-state index contributed by atoms with van der Waals surface area (Å²) in [6.07, 6.45) is 4.61. The van der Waals surface area contributed by atoms with Crippen LogP contribution in [0.25, 0.3) is 0 Å². The summed E-state index contributed by atoms with van der Waals surface area (Å²) >= 11 is 0. The molecule has 0 spiro atoms. The number of pyridine rings is 1. The van der Waals surface area contributed by atoms with E-state index >= 15 is 0 Å². The topological polar surface area (TPSA) is 76.7 Å². The molecule has 3 aliphatic rings. The van der Waals surface area contributed by atoms with Crippen molar-refractivity contribution in [3.05, 3.63) is 33.7 Å². The lowest BCUT2D eigenvalue weighted by Gasteiger charge is -2.54. The fraction of sp³-hybridized carbons (Fsp3) is 0.667. The van der Waals surface area contributed by atoms with Gasteiger partial charge < -0.3 is 19.7 Å². The number of carbonyl (C=O) groups excluding carboxylic acids is 2. The van der Waals surface area contributed by atoms with Gasteiger partial charge >= 0.3 is 0 Å². The van der Waals surface area contributed by atoms with Crippen molar-refractivity contribution in [2.24, 2.45) is 5.41 Å². The third-order valence-electron chi connectivity index (χ3n) is 6.77. The van der Waals surface area contributed by atoms with Crippen molar-refractivity contribution in [2.45, 2.75) is 45.1 Å². The van der Waals surface area contributed by atoms with Gasteiger partial charge in [0.1, 0.15) is 0 Å². The number of aryl methyl sites for hydroxylation is 1. The molecule has 7 nitrogen and oxygen atoms in total. The third-order valence-corrected chi connectivity index (χ3v) is 6.77. The molecule has 0 radical (unpaired) electrons. The number of nitrogens with one attached hydrogen (secondary N) is 1. The number of aromatic amines is 1. The highest BCUT2D eigenvalue weighted by atomic mass is 16.2. The minimum absolute atomic E-state index is 0.132. The number of piperidine rings is 2. The van der Waals surface area contributed by atoms with E-state index in [1.807, 2.05) is 9.80 Å². The Balaban J connectivity index is 1.69. The molecule has 1 aromatic heterocycles. The number of likely N-dealkylation sites (N-methyl/N-ethyl adjacent to an activating group) is 1. The second-order valence-electron chi connectivity index (χ2n) is 8.70. The van der Waals surface area contributed by atoms with Crippen LogP contribution in [0.5, 0.6) is 0 Å². The van der Waals surface area contributed by atoms with E-state index in [-0.39, 0.29) is 23.4 Å². The lowest BCUT2D eigenvalue weighted by Crippen LogP contribution is -2.66. The molecule has 3 aliphatic heterocycles. The maximum atomic E-state index is 13.6. The smallest absolute Gasteiger partial charge is 0.254 e. The molecular formula is C21H30N4O3. The van der Waals surface area contributed by atoms with Crippen LogP contribution in [0.3, 0.4) is 0 Å². The van der Waals surface area contributed by atoms with Crippen molar-refractivity contribution in [3.8, 4) is 0 Å². The second-order valence-corrected chi connectivity index (χ2v) is 8.70. The first-order valence-electron chi connectivity index (χ1n) is 10.4. The average Bonchev–Trinajstić information content (AvgIpc) is 3.20. The minimum atomic E-state index is -0.485. The number of rotatable bonds is 2. The lowest BCUT2D eigenvalue weighted by molar-refractivity contribution is -0.152. The monoisotopic (exact) mass is 386 g/mol. The van der Waals surface area contributed by atoms with Gasteiger partial charge in [-0.05, 0) is 58.7 Å². The second kappa shape index (κ2) is 7.35. The predicted octanol–water partition coefficient (Wildman–Crippen LogP) is 1.23. The number of likely N-dealkylation sites (tertiary alicyclic amines) is 3. The Bertz CT molecular complexity index is 829. The Morgan fingerprint density at radius 1 is 1.07 bits per heavy atom. The first-order chi connectivity index (χ1) is 13.4. The van der Waals surface area contributed by atoms with E-state index in [0.717, 1.165) is 51.7 Å². The normalized spacial score (nSPS) is 28.3. The van der Waals surface area contributed by atoms with Crippen LogP contribution >= 0.6 is 0 Å². The summed E-state index contributed by atoms with van der Waals surface area (Å²) in [5, 5.41) is 0.